The second-order valence-corrected chi connectivity index (χ2v) is 5.39. The van der Waals surface area contributed by atoms with Gasteiger partial charge in [0.25, 0.3) is 5.91 Å². The van der Waals surface area contributed by atoms with E-state index in [1.807, 2.05) is 30.3 Å². The summed E-state index contributed by atoms with van der Waals surface area (Å²) in [6.45, 7) is 0. The van der Waals surface area contributed by atoms with E-state index in [0.717, 1.165) is 6.42 Å². The van der Waals surface area contributed by atoms with E-state index < -0.39 is 11.7 Å². The lowest BCUT2D eigenvalue weighted by Gasteiger charge is -2.06. The van der Waals surface area contributed by atoms with Gasteiger partial charge in [-0.05, 0) is 30.2 Å². The van der Waals surface area contributed by atoms with Crippen LogP contribution in [0, 0.1) is 5.82 Å². The minimum absolute atomic E-state index is 0.00351. The summed E-state index contributed by atoms with van der Waals surface area (Å²) in [4.78, 5) is 12.0. The topological polar surface area (TPSA) is 29.1 Å². The molecule has 0 heterocycles. The number of halogens is 2. The average molecular weight is 290 g/mol. The van der Waals surface area contributed by atoms with Crippen molar-refractivity contribution >= 4 is 17.5 Å². The van der Waals surface area contributed by atoms with Gasteiger partial charge in [0.1, 0.15) is 5.82 Å². The highest BCUT2D eigenvalue weighted by Crippen LogP contribution is 2.40. The molecule has 2 nitrogen and oxygen atoms in total. The SMILES string of the molecule is O=C(NC1CC1c1ccccc1)c1cc(Cl)ccc1F. The van der Waals surface area contributed by atoms with Crippen molar-refractivity contribution in [1.82, 2.24) is 5.32 Å². The van der Waals surface area contributed by atoms with Gasteiger partial charge in [-0.2, -0.15) is 0 Å². The predicted molar refractivity (Wildman–Crippen MR) is 76.5 cm³/mol. The molecule has 0 bridgehead atoms. The summed E-state index contributed by atoms with van der Waals surface area (Å²) in [6.07, 6.45) is 0.887. The van der Waals surface area contributed by atoms with Crippen LogP contribution in [0.5, 0.6) is 0 Å². The minimum atomic E-state index is -0.552. The summed E-state index contributed by atoms with van der Waals surface area (Å²) in [6, 6.07) is 14.0. The summed E-state index contributed by atoms with van der Waals surface area (Å²) in [5.74, 6) is -0.639. The van der Waals surface area contributed by atoms with Crippen LogP contribution in [-0.4, -0.2) is 11.9 Å². The largest absolute Gasteiger partial charge is 0.349 e. The Labute approximate surface area is 121 Å². The minimum Gasteiger partial charge on any atom is -0.349 e. The summed E-state index contributed by atoms with van der Waals surface area (Å²) >= 11 is 5.79. The fourth-order valence-electron chi connectivity index (χ4n) is 2.34. The van der Waals surface area contributed by atoms with E-state index in [2.05, 4.69) is 5.32 Å². The van der Waals surface area contributed by atoms with Gasteiger partial charge in [0.05, 0.1) is 5.56 Å². The number of rotatable bonds is 3. The molecule has 1 N–H and O–H groups in total. The Hall–Kier alpha value is -1.87. The quantitative estimate of drug-likeness (QED) is 0.916. The number of hydrogen-bond acceptors (Lipinski definition) is 1. The molecule has 0 aliphatic heterocycles. The third kappa shape index (κ3) is 2.68. The Morgan fingerprint density at radius 2 is 1.95 bits per heavy atom. The Morgan fingerprint density at radius 3 is 2.70 bits per heavy atom. The molecule has 2 aromatic rings. The molecule has 0 spiro atoms. The maximum Gasteiger partial charge on any atom is 0.254 e. The van der Waals surface area contributed by atoms with Crippen LogP contribution >= 0.6 is 11.6 Å². The van der Waals surface area contributed by atoms with Crippen LogP contribution in [0.15, 0.2) is 48.5 Å². The number of amides is 1. The molecule has 0 saturated heterocycles. The number of benzene rings is 2. The molecule has 2 unspecified atom stereocenters. The van der Waals surface area contributed by atoms with Crippen molar-refractivity contribution in [2.75, 3.05) is 0 Å². The lowest BCUT2D eigenvalue weighted by atomic mass is 10.1. The standard InChI is InChI=1S/C16H13ClFNO/c17-11-6-7-14(18)13(8-11)16(20)19-15-9-12(15)10-4-2-1-3-5-10/h1-8,12,15H,9H2,(H,19,20). The molecule has 1 amide bonds. The van der Waals surface area contributed by atoms with Crippen molar-refractivity contribution in [2.45, 2.75) is 18.4 Å². The van der Waals surface area contributed by atoms with E-state index in [0.29, 0.717) is 10.9 Å². The van der Waals surface area contributed by atoms with Crippen molar-refractivity contribution in [2.24, 2.45) is 0 Å². The third-order valence-corrected chi connectivity index (χ3v) is 3.74. The maximum atomic E-state index is 13.6. The third-order valence-electron chi connectivity index (χ3n) is 3.51. The van der Waals surface area contributed by atoms with E-state index in [4.69, 9.17) is 11.6 Å². The highest BCUT2D eigenvalue weighted by Gasteiger charge is 2.39. The molecule has 2 atom stereocenters. The maximum absolute atomic E-state index is 13.6. The lowest BCUT2D eigenvalue weighted by molar-refractivity contribution is 0.0946. The molecule has 4 heteroatoms. The van der Waals surface area contributed by atoms with Crippen LogP contribution in [0.2, 0.25) is 5.02 Å². The number of carbonyl (C=O) groups is 1. The fourth-order valence-corrected chi connectivity index (χ4v) is 2.51. The summed E-state index contributed by atoms with van der Waals surface area (Å²) < 4.78 is 13.6. The zero-order valence-corrected chi connectivity index (χ0v) is 11.4. The molecule has 1 saturated carbocycles. The molecule has 2 aromatic carbocycles. The van der Waals surface area contributed by atoms with Crippen LogP contribution in [0.25, 0.3) is 0 Å². The Kier molecular flexibility index (Phi) is 3.45. The number of nitrogens with one attached hydrogen (secondary N) is 1. The van der Waals surface area contributed by atoms with Crippen LogP contribution < -0.4 is 5.32 Å². The van der Waals surface area contributed by atoms with E-state index in [-0.39, 0.29) is 11.6 Å². The highest BCUT2D eigenvalue weighted by atomic mass is 35.5. The predicted octanol–water partition coefficient (Wildman–Crippen LogP) is 3.77. The van der Waals surface area contributed by atoms with Crippen molar-refractivity contribution in [1.29, 1.82) is 0 Å². The fraction of sp³-hybridized carbons (Fsp3) is 0.188. The average Bonchev–Trinajstić information content (AvgIpc) is 3.21. The summed E-state index contributed by atoms with van der Waals surface area (Å²) in [5, 5.41) is 3.20. The van der Waals surface area contributed by atoms with Crippen LogP contribution in [0.1, 0.15) is 28.3 Å². The van der Waals surface area contributed by atoms with Crippen molar-refractivity contribution in [3.63, 3.8) is 0 Å². The van der Waals surface area contributed by atoms with Gasteiger partial charge in [0, 0.05) is 17.0 Å². The first-order valence-corrected chi connectivity index (χ1v) is 6.84. The monoisotopic (exact) mass is 289 g/mol. The first-order valence-electron chi connectivity index (χ1n) is 6.46. The van der Waals surface area contributed by atoms with Gasteiger partial charge in [-0.15, -0.1) is 0 Å². The summed E-state index contributed by atoms with van der Waals surface area (Å²) in [7, 11) is 0. The second-order valence-electron chi connectivity index (χ2n) is 4.96. The highest BCUT2D eigenvalue weighted by molar-refractivity contribution is 6.31. The molecule has 102 valence electrons. The van der Waals surface area contributed by atoms with Crippen LogP contribution in [0.4, 0.5) is 4.39 Å². The van der Waals surface area contributed by atoms with E-state index in [1.54, 1.807) is 0 Å². The molecule has 1 aliphatic carbocycles. The van der Waals surface area contributed by atoms with Gasteiger partial charge in [-0.3, -0.25) is 4.79 Å². The smallest absolute Gasteiger partial charge is 0.254 e. The molecule has 20 heavy (non-hydrogen) atoms. The van der Waals surface area contributed by atoms with Crippen molar-refractivity contribution < 1.29 is 9.18 Å². The molecule has 0 aromatic heterocycles. The van der Waals surface area contributed by atoms with Crippen molar-refractivity contribution in [3.8, 4) is 0 Å². The molecular formula is C16H13ClFNO. The van der Waals surface area contributed by atoms with Gasteiger partial charge in [0.15, 0.2) is 0 Å². The summed E-state index contributed by atoms with van der Waals surface area (Å²) in [5.41, 5.74) is 1.19. The molecule has 0 radical (unpaired) electrons. The zero-order chi connectivity index (χ0) is 14.1. The first kappa shape index (κ1) is 13.1. The number of hydrogen-bond donors (Lipinski definition) is 1. The molecular weight excluding hydrogens is 277 g/mol. The van der Waals surface area contributed by atoms with Gasteiger partial charge in [-0.25, -0.2) is 4.39 Å². The molecule has 3 rings (SSSR count). The molecule has 1 fully saturated rings. The van der Waals surface area contributed by atoms with Gasteiger partial charge >= 0.3 is 0 Å². The van der Waals surface area contributed by atoms with Crippen LogP contribution in [-0.2, 0) is 0 Å². The second kappa shape index (κ2) is 5.25. The normalized spacial score (nSPS) is 20.5. The van der Waals surface area contributed by atoms with E-state index in [1.165, 1.54) is 23.8 Å². The van der Waals surface area contributed by atoms with E-state index >= 15 is 0 Å². The van der Waals surface area contributed by atoms with E-state index in [9.17, 15) is 9.18 Å². The van der Waals surface area contributed by atoms with Crippen molar-refractivity contribution in [3.05, 3.63) is 70.5 Å². The number of carbonyl (C=O) groups excluding carboxylic acids is 1. The first-order chi connectivity index (χ1) is 9.65. The van der Waals surface area contributed by atoms with Gasteiger partial charge in [-0.1, -0.05) is 41.9 Å². The lowest BCUT2D eigenvalue weighted by Crippen LogP contribution is -2.27. The van der Waals surface area contributed by atoms with Gasteiger partial charge in [0.2, 0.25) is 0 Å². The van der Waals surface area contributed by atoms with Crippen LogP contribution in [0.3, 0.4) is 0 Å². The van der Waals surface area contributed by atoms with Gasteiger partial charge < -0.3 is 5.32 Å². The zero-order valence-electron chi connectivity index (χ0n) is 10.6. The molecule has 1 aliphatic rings. The Balaban J connectivity index is 1.68. The Morgan fingerprint density at radius 1 is 1.20 bits per heavy atom. The Bertz CT molecular complexity index is 644.